The molecular weight excluding hydrogens is 248 g/mol. The summed E-state index contributed by atoms with van der Waals surface area (Å²) in [5.74, 6) is -0.954. The summed E-state index contributed by atoms with van der Waals surface area (Å²) >= 11 is 0. The van der Waals surface area contributed by atoms with Crippen LogP contribution in [0.2, 0.25) is 0 Å². The Balaban J connectivity index is 2.34. The van der Waals surface area contributed by atoms with E-state index in [4.69, 9.17) is 5.11 Å². The van der Waals surface area contributed by atoms with Gasteiger partial charge in [-0.25, -0.2) is 0 Å². The highest BCUT2D eigenvalue weighted by atomic mass is 16.4. The van der Waals surface area contributed by atoms with Crippen LogP contribution in [0.3, 0.4) is 0 Å². The summed E-state index contributed by atoms with van der Waals surface area (Å²) in [6, 6.07) is 6.19. The zero-order valence-corrected chi connectivity index (χ0v) is 10.6. The van der Waals surface area contributed by atoms with Crippen molar-refractivity contribution in [1.82, 2.24) is 19.9 Å². The molecule has 2 rings (SSSR count). The molecule has 0 aliphatic carbocycles. The molecule has 1 aromatic carbocycles. The average molecular weight is 262 g/mol. The Labute approximate surface area is 109 Å². The van der Waals surface area contributed by atoms with Crippen molar-refractivity contribution in [2.75, 3.05) is 7.05 Å². The van der Waals surface area contributed by atoms with E-state index in [1.54, 1.807) is 38.2 Å². The summed E-state index contributed by atoms with van der Waals surface area (Å²) in [7, 11) is 1.61. The van der Waals surface area contributed by atoms with Crippen molar-refractivity contribution in [2.24, 2.45) is 0 Å². The van der Waals surface area contributed by atoms with Crippen molar-refractivity contribution in [3.05, 3.63) is 34.6 Å². The first-order valence-corrected chi connectivity index (χ1v) is 5.76. The zero-order chi connectivity index (χ0) is 14.0. The maximum atomic E-state index is 12.1. The lowest BCUT2D eigenvalue weighted by atomic mass is 10.2. The van der Waals surface area contributed by atoms with Crippen molar-refractivity contribution in [2.45, 2.75) is 19.6 Å². The molecule has 1 heterocycles. The van der Waals surface area contributed by atoms with E-state index < -0.39 is 12.0 Å². The molecule has 0 saturated carbocycles. The molecule has 0 bridgehead atoms. The van der Waals surface area contributed by atoms with Crippen molar-refractivity contribution in [1.29, 1.82) is 0 Å². The normalized spacial score (nSPS) is 12.8. The van der Waals surface area contributed by atoms with Gasteiger partial charge in [0.15, 0.2) is 0 Å². The molecule has 1 aromatic heterocycles. The Morgan fingerprint density at radius 3 is 2.84 bits per heavy atom. The molecule has 19 heavy (non-hydrogen) atoms. The Bertz CT molecular complexity index is 667. The molecule has 1 unspecified atom stereocenters. The fourth-order valence-electron chi connectivity index (χ4n) is 1.64. The maximum absolute atomic E-state index is 12.1. The summed E-state index contributed by atoms with van der Waals surface area (Å²) in [6.45, 7) is 1.62. The fraction of sp³-hybridized carbons (Fsp3) is 0.333. The number of carboxylic acids is 1. The van der Waals surface area contributed by atoms with Gasteiger partial charge < -0.3 is 5.11 Å². The molecule has 0 aliphatic rings. The van der Waals surface area contributed by atoms with Crippen LogP contribution in [0.5, 0.6) is 0 Å². The molecule has 1 N–H and O–H groups in total. The van der Waals surface area contributed by atoms with Gasteiger partial charge in [-0.3, -0.25) is 14.5 Å². The topological polar surface area (TPSA) is 88.3 Å². The number of carboxylic acid groups (broad SMARTS) is 1. The Morgan fingerprint density at radius 1 is 1.47 bits per heavy atom. The molecule has 0 spiro atoms. The number of rotatable bonds is 4. The number of aromatic nitrogens is 3. The van der Waals surface area contributed by atoms with Gasteiger partial charge in [0.05, 0.1) is 12.1 Å². The van der Waals surface area contributed by atoms with E-state index in [1.165, 1.54) is 4.90 Å². The fourth-order valence-corrected chi connectivity index (χ4v) is 1.64. The predicted octanol–water partition coefficient (Wildman–Crippen LogP) is 0.154. The molecule has 0 radical (unpaired) electrons. The lowest BCUT2D eigenvalue weighted by molar-refractivity contribution is -0.142. The first-order valence-electron chi connectivity index (χ1n) is 5.76. The van der Waals surface area contributed by atoms with E-state index in [0.717, 1.165) is 4.68 Å². The first kappa shape index (κ1) is 13.2. The van der Waals surface area contributed by atoms with Crippen molar-refractivity contribution >= 4 is 16.9 Å². The maximum Gasteiger partial charge on any atom is 0.320 e. The summed E-state index contributed by atoms with van der Waals surface area (Å²) < 4.78 is 1.15. The van der Waals surface area contributed by atoms with Crippen LogP contribution in [-0.2, 0) is 11.5 Å². The van der Waals surface area contributed by atoms with Crippen LogP contribution in [-0.4, -0.2) is 44.1 Å². The first-order chi connectivity index (χ1) is 9.00. The third-order valence-electron chi connectivity index (χ3n) is 3.00. The quantitative estimate of drug-likeness (QED) is 0.844. The highest BCUT2D eigenvalue weighted by molar-refractivity contribution is 5.76. The third kappa shape index (κ3) is 2.60. The number of hydrogen-bond donors (Lipinski definition) is 1. The average Bonchev–Trinajstić information content (AvgIpc) is 2.41. The third-order valence-corrected chi connectivity index (χ3v) is 3.00. The van der Waals surface area contributed by atoms with E-state index in [2.05, 4.69) is 10.3 Å². The number of carbonyl (C=O) groups is 1. The van der Waals surface area contributed by atoms with Crippen molar-refractivity contribution in [3.63, 3.8) is 0 Å². The summed E-state index contributed by atoms with van der Waals surface area (Å²) in [4.78, 5) is 24.5. The molecule has 0 amide bonds. The van der Waals surface area contributed by atoms with E-state index >= 15 is 0 Å². The minimum absolute atomic E-state index is 0.0735. The largest absolute Gasteiger partial charge is 0.480 e. The van der Waals surface area contributed by atoms with E-state index in [0.29, 0.717) is 10.9 Å². The number of hydrogen-bond acceptors (Lipinski definition) is 5. The van der Waals surface area contributed by atoms with Crippen LogP contribution in [0.1, 0.15) is 6.92 Å². The van der Waals surface area contributed by atoms with Crippen LogP contribution in [0, 0.1) is 0 Å². The minimum atomic E-state index is -0.954. The molecule has 7 heteroatoms. The second-order valence-corrected chi connectivity index (χ2v) is 4.32. The Morgan fingerprint density at radius 2 is 2.16 bits per heavy atom. The van der Waals surface area contributed by atoms with Gasteiger partial charge in [0, 0.05) is 0 Å². The van der Waals surface area contributed by atoms with Gasteiger partial charge in [-0.05, 0) is 26.1 Å². The smallest absolute Gasteiger partial charge is 0.320 e. The van der Waals surface area contributed by atoms with Crippen molar-refractivity contribution in [3.8, 4) is 0 Å². The SMILES string of the molecule is CC(C(=O)O)N(C)Cn1nnc2ccccc2c1=O. The lowest BCUT2D eigenvalue weighted by Gasteiger charge is -2.20. The Hall–Kier alpha value is -2.28. The molecule has 0 aliphatic heterocycles. The van der Waals surface area contributed by atoms with Crippen LogP contribution in [0.15, 0.2) is 29.1 Å². The second kappa shape index (κ2) is 5.15. The molecule has 100 valence electrons. The number of benzene rings is 1. The van der Waals surface area contributed by atoms with Crippen LogP contribution in [0.4, 0.5) is 0 Å². The van der Waals surface area contributed by atoms with Crippen LogP contribution < -0.4 is 5.56 Å². The predicted molar refractivity (Wildman–Crippen MR) is 68.7 cm³/mol. The van der Waals surface area contributed by atoms with Gasteiger partial charge in [-0.2, -0.15) is 4.68 Å². The lowest BCUT2D eigenvalue weighted by Crippen LogP contribution is -2.40. The summed E-state index contributed by atoms with van der Waals surface area (Å²) in [6.07, 6.45) is 0. The number of aliphatic carboxylic acids is 1. The molecule has 7 nitrogen and oxygen atoms in total. The zero-order valence-electron chi connectivity index (χ0n) is 10.6. The molecule has 0 fully saturated rings. The molecular formula is C12H14N4O3. The monoisotopic (exact) mass is 262 g/mol. The van der Waals surface area contributed by atoms with Crippen molar-refractivity contribution < 1.29 is 9.90 Å². The van der Waals surface area contributed by atoms with Gasteiger partial charge in [-0.1, -0.05) is 17.3 Å². The Kier molecular flexibility index (Phi) is 3.57. The number of likely N-dealkylation sites (N-methyl/N-ethyl adjacent to an activating group) is 1. The molecule has 1 atom stereocenters. The van der Waals surface area contributed by atoms with E-state index in [1.807, 2.05) is 0 Å². The van der Waals surface area contributed by atoms with Crippen LogP contribution in [0.25, 0.3) is 10.9 Å². The number of fused-ring (bicyclic) bond motifs is 1. The van der Waals surface area contributed by atoms with Gasteiger partial charge in [0.1, 0.15) is 11.6 Å². The standard InChI is InChI=1S/C12H14N4O3/c1-8(12(18)19)15(2)7-16-11(17)9-5-3-4-6-10(9)13-14-16/h3-6,8H,7H2,1-2H3,(H,18,19). The van der Waals surface area contributed by atoms with Gasteiger partial charge in [0.25, 0.3) is 5.56 Å². The summed E-state index contributed by atoms with van der Waals surface area (Å²) in [5, 5.41) is 17.1. The molecule has 2 aromatic rings. The summed E-state index contributed by atoms with van der Waals surface area (Å²) in [5.41, 5.74) is 0.243. The number of nitrogens with zero attached hydrogens (tertiary/aromatic N) is 4. The van der Waals surface area contributed by atoms with Gasteiger partial charge in [0.2, 0.25) is 0 Å². The van der Waals surface area contributed by atoms with E-state index in [-0.39, 0.29) is 12.2 Å². The molecule has 0 saturated heterocycles. The highest BCUT2D eigenvalue weighted by Crippen LogP contribution is 2.04. The highest BCUT2D eigenvalue weighted by Gasteiger charge is 2.18. The second-order valence-electron chi connectivity index (χ2n) is 4.32. The van der Waals surface area contributed by atoms with Gasteiger partial charge in [-0.15, -0.1) is 5.10 Å². The minimum Gasteiger partial charge on any atom is -0.480 e. The van der Waals surface area contributed by atoms with E-state index in [9.17, 15) is 9.59 Å². The van der Waals surface area contributed by atoms with Crippen LogP contribution >= 0.6 is 0 Å². The van der Waals surface area contributed by atoms with Gasteiger partial charge >= 0.3 is 5.97 Å².